The summed E-state index contributed by atoms with van der Waals surface area (Å²) in [6.45, 7) is 5.00. The van der Waals surface area contributed by atoms with Crippen LogP contribution >= 0.6 is 0 Å². The second-order valence-corrected chi connectivity index (χ2v) is 6.84. The Hall–Kier alpha value is -2.53. The largest absolute Gasteiger partial charge is 0.486 e. The average Bonchev–Trinajstić information content (AvgIpc) is 3.20. The summed E-state index contributed by atoms with van der Waals surface area (Å²) < 4.78 is 11.0. The summed E-state index contributed by atoms with van der Waals surface area (Å²) in [4.78, 5) is 14.9. The topological polar surface area (TPSA) is 50.8 Å². The summed E-state index contributed by atoms with van der Waals surface area (Å²) in [5, 5.41) is 2.97. The number of amides is 1. The number of nitrogens with one attached hydrogen (secondary N) is 1. The van der Waals surface area contributed by atoms with Gasteiger partial charge in [-0.1, -0.05) is 24.3 Å². The van der Waals surface area contributed by atoms with Gasteiger partial charge >= 0.3 is 0 Å². The fourth-order valence-electron chi connectivity index (χ4n) is 3.43. The third-order valence-corrected chi connectivity index (χ3v) is 4.89. The van der Waals surface area contributed by atoms with Crippen molar-refractivity contribution in [2.45, 2.75) is 25.9 Å². The fraction of sp³-hybridized carbons (Fsp3) is 0.381. The fourth-order valence-corrected chi connectivity index (χ4v) is 3.43. The Bertz CT molecular complexity index is 767. The minimum absolute atomic E-state index is 0.108. The molecule has 0 aromatic heterocycles. The molecule has 1 fully saturated rings. The van der Waals surface area contributed by atoms with Crippen molar-refractivity contribution in [3.05, 3.63) is 59.2 Å². The molecule has 136 valence electrons. The lowest BCUT2D eigenvalue weighted by atomic mass is 10.1. The second-order valence-electron chi connectivity index (χ2n) is 6.84. The van der Waals surface area contributed by atoms with Crippen LogP contribution in [0.15, 0.2) is 42.5 Å². The number of carbonyl (C=O) groups excluding carboxylic acids is 1. The molecule has 26 heavy (non-hydrogen) atoms. The lowest BCUT2D eigenvalue weighted by molar-refractivity contribution is 0.0949. The molecule has 0 saturated carbocycles. The van der Waals surface area contributed by atoms with Gasteiger partial charge in [0.25, 0.3) is 5.91 Å². The highest BCUT2D eigenvalue weighted by molar-refractivity contribution is 5.94. The number of nitrogens with zero attached hydrogens (tertiary/aromatic N) is 1. The van der Waals surface area contributed by atoms with Crippen LogP contribution in [-0.4, -0.2) is 37.1 Å². The van der Waals surface area contributed by atoms with Crippen LogP contribution < -0.4 is 14.8 Å². The summed E-state index contributed by atoms with van der Waals surface area (Å²) in [6.07, 6.45) is 2.62. The quantitative estimate of drug-likeness (QED) is 0.899. The molecule has 2 heterocycles. The van der Waals surface area contributed by atoms with Gasteiger partial charge < -0.3 is 14.8 Å². The van der Waals surface area contributed by atoms with Crippen LogP contribution in [0.25, 0.3) is 0 Å². The Morgan fingerprint density at radius 3 is 2.38 bits per heavy atom. The monoisotopic (exact) mass is 352 g/mol. The van der Waals surface area contributed by atoms with Gasteiger partial charge in [-0.3, -0.25) is 9.69 Å². The Labute approximate surface area is 153 Å². The number of likely N-dealkylation sites (tertiary alicyclic amines) is 1. The molecule has 0 unspecified atom stereocenters. The molecule has 2 aliphatic rings. The van der Waals surface area contributed by atoms with Crippen molar-refractivity contribution in [1.82, 2.24) is 10.2 Å². The maximum Gasteiger partial charge on any atom is 0.251 e. The minimum Gasteiger partial charge on any atom is -0.486 e. The van der Waals surface area contributed by atoms with E-state index in [4.69, 9.17) is 9.47 Å². The first-order chi connectivity index (χ1) is 12.8. The standard InChI is InChI=1S/C21H24N2O3/c24-21(18-7-8-19-20(13-18)26-12-11-25-19)22-14-16-3-5-17(6-4-16)15-23-9-1-2-10-23/h3-8,13H,1-2,9-12,14-15H2,(H,22,24). The van der Waals surface area contributed by atoms with Gasteiger partial charge in [0.05, 0.1) is 0 Å². The molecule has 0 aliphatic carbocycles. The zero-order valence-corrected chi connectivity index (χ0v) is 14.9. The summed E-state index contributed by atoms with van der Waals surface area (Å²) in [7, 11) is 0. The van der Waals surface area contributed by atoms with Gasteiger partial charge in [-0.15, -0.1) is 0 Å². The van der Waals surface area contributed by atoms with E-state index in [1.807, 2.05) is 0 Å². The van der Waals surface area contributed by atoms with Crippen LogP contribution in [0.4, 0.5) is 0 Å². The Morgan fingerprint density at radius 2 is 1.62 bits per heavy atom. The highest BCUT2D eigenvalue weighted by Crippen LogP contribution is 2.30. The van der Waals surface area contributed by atoms with Gasteiger partial charge in [0.1, 0.15) is 13.2 Å². The van der Waals surface area contributed by atoms with Gasteiger partial charge in [-0.05, 0) is 55.3 Å². The van der Waals surface area contributed by atoms with Crippen LogP contribution in [0.1, 0.15) is 34.3 Å². The molecular weight excluding hydrogens is 328 g/mol. The van der Waals surface area contributed by atoms with Crippen LogP contribution in [0.3, 0.4) is 0 Å². The van der Waals surface area contributed by atoms with Crippen LogP contribution in [0.2, 0.25) is 0 Å². The van der Waals surface area contributed by atoms with E-state index in [1.165, 1.54) is 31.5 Å². The highest BCUT2D eigenvalue weighted by atomic mass is 16.6. The van der Waals surface area contributed by atoms with E-state index >= 15 is 0 Å². The average molecular weight is 352 g/mol. The molecule has 0 bridgehead atoms. The van der Waals surface area contributed by atoms with Crippen LogP contribution in [0.5, 0.6) is 11.5 Å². The lowest BCUT2D eigenvalue weighted by Gasteiger charge is -2.18. The number of rotatable bonds is 5. The zero-order valence-electron chi connectivity index (χ0n) is 14.9. The number of fused-ring (bicyclic) bond motifs is 1. The van der Waals surface area contributed by atoms with Gasteiger partial charge in [0.15, 0.2) is 11.5 Å². The molecular formula is C21H24N2O3. The third kappa shape index (κ3) is 3.99. The van der Waals surface area contributed by atoms with Crippen molar-refractivity contribution >= 4 is 5.91 Å². The summed E-state index contributed by atoms with van der Waals surface area (Å²) in [5.74, 6) is 1.22. The SMILES string of the molecule is O=C(NCc1ccc(CN2CCCC2)cc1)c1ccc2c(c1)OCCO2. The van der Waals surface area contributed by atoms with Crippen molar-refractivity contribution < 1.29 is 14.3 Å². The predicted octanol–water partition coefficient (Wildman–Crippen LogP) is 2.98. The molecule has 2 aromatic carbocycles. The first-order valence-corrected chi connectivity index (χ1v) is 9.26. The van der Waals surface area contributed by atoms with Crippen molar-refractivity contribution in [1.29, 1.82) is 0 Å². The summed E-state index contributed by atoms with van der Waals surface area (Å²) in [5.41, 5.74) is 3.01. The normalized spacial score (nSPS) is 16.5. The van der Waals surface area contributed by atoms with Crippen molar-refractivity contribution in [3.63, 3.8) is 0 Å². The maximum absolute atomic E-state index is 12.4. The smallest absolute Gasteiger partial charge is 0.251 e. The first kappa shape index (κ1) is 16.9. The third-order valence-electron chi connectivity index (χ3n) is 4.89. The van der Waals surface area contributed by atoms with Crippen molar-refractivity contribution in [3.8, 4) is 11.5 Å². The molecule has 1 N–H and O–H groups in total. The van der Waals surface area contributed by atoms with Gasteiger partial charge in [0.2, 0.25) is 0 Å². The molecule has 2 aromatic rings. The highest BCUT2D eigenvalue weighted by Gasteiger charge is 2.15. The zero-order chi connectivity index (χ0) is 17.8. The van der Waals surface area contributed by atoms with E-state index in [-0.39, 0.29) is 5.91 Å². The molecule has 4 rings (SSSR count). The number of benzene rings is 2. The molecule has 2 aliphatic heterocycles. The summed E-state index contributed by atoms with van der Waals surface area (Å²) >= 11 is 0. The number of hydrogen-bond acceptors (Lipinski definition) is 4. The number of ether oxygens (including phenoxy) is 2. The van der Waals surface area contributed by atoms with E-state index in [0.717, 1.165) is 12.1 Å². The van der Waals surface area contributed by atoms with E-state index in [9.17, 15) is 4.79 Å². The molecule has 0 radical (unpaired) electrons. The Balaban J connectivity index is 1.32. The lowest BCUT2D eigenvalue weighted by Crippen LogP contribution is -2.23. The van der Waals surface area contributed by atoms with Gasteiger partial charge in [0, 0.05) is 18.7 Å². The number of hydrogen-bond donors (Lipinski definition) is 1. The van der Waals surface area contributed by atoms with E-state index in [0.29, 0.717) is 36.8 Å². The van der Waals surface area contributed by atoms with Crippen molar-refractivity contribution in [2.75, 3.05) is 26.3 Å². The van der Waals surface area contributed by atoms with E-state index < -0.39 is 0 Å². The summed E-state index contributed by atoms with van der Waals surface area (Å²) in [6, 6.07) is 13.8. The van der Waals surface area contributed by atoms with Crippen molar-refractivity contribution in [2.24, 2.45) is 0 Å². The van der Waals surface area contributed by atoms with E-state index in [1.54, 1.807) is 18.2 Å². The molecule has 0 spiro atoms. The Kier molecular flexibility index (Phi) is 5.07. The molecule has 1 amide bonds. The molecule has 5 nitrogen and oxygen atoms in total. The molecule has 0 atom stereocenters. The van der Waals surface area contributed by atoms with Crippen LogP contribution in [-0.2, 0) is 13.1 Å². The maximum atomic E-state index is 12.4. The Morgan fingerprint density at radius 1 is 0.923 bits per heavy atom. The van der Waals surface area contributed by atoms with Gasteiger partial charge in [-0.2, -0.15) is 0 Å². The molecule has 1 saturated heterocycles. The first-order valence-electron chi connectivity index (χ1n) is 9.26. The predicted molar refractivity (Wildman–Crippen MR) is 99.6 cm³/mol. The molecule has 5 heteroatoms. The van der Waals surface area contributed by atoms with Crippen LogP contribution in [0, 0.1) is 0 Å². The van der Waals surface area contributed by atoms with Gasteiger partial charge in [-0.25, -0.2) is 0 Å². The van der Waals surface area contributed by atoms with E-state index in [2.05, 4.69) is 34.5 Å². The number of carbonyl (C=O) groups is 1. The second kappa shape index (κ2) is 7.79. The minimum atomic E-state index is -0.108.